The fourth-order valence-corrected chi connectivity index (χ4v) is 2.68. The summed E-state index contributed by atoms with van der Waals surface area (Å²) >= 11 is 1.49. The summed E-state index contributed by atoms with van der Waals surface area (Å²) in [5, 5.41) is 10.3. The molecule has 110 valence electrons. The van der Waals surface area contributed by atoms with Gasteiger partial charge in [-0.1, -0.05) is 6.07 Å². The molecule has 0 N–H and O–H groups in total. The molecule has 0 aliphatic carbocycles. The lowest BCUT2D eigenvalue weighted by atomic mass is 10.3. The second-order valence-corrected chi connectivity index (χ2v) is 5.78. The molecule has 7 nitrogen and oxygen atoms in total. The van der Waals surface area contributed by atoms with E-state index in [0.717, 1.165) is 10.4 Å². The van der Waals surface area contributed by atoms with Gasteiger partial charge >= 0.3 is 5.76 Å². The van der Waals surface area contributed by atoms with Crippen molar-refractivity contribution in [1.82, 2.24) is 24.5 Å². The highest BCUT2D eigenvalue weighted by molar-refractivity contribution is 7.13. The van der Waals surface area contributed by atoms with Gasteiger partial charge in [-0.05, 0) is 18.5 Å². The molecule has 3 heterocycles. The van der Waals surface area contributed by atoms with Crippen LogP contribution in [0.15, 0.2) is 39.1 Å². The second kappa shape index (κ2) is 5.66. The van der Waals surface area contributed by atoms with Gasteiger partial charge in [0.2, 0.25) is 0 Å². The zero-order valence-corrected chi connectivity index (χ0v) is 12.6. The van der Waals surface area contributed by atoms with E-state index in [2.05, 4.69) is 10.2 Å². The molecule has 0 atom stereocenters. The minimum absolute atomic E-state index is 0.364. The summed E-state index contributed by atoms with van der Waals surface area (Å²) in [6.45, 7) is 1.05. The molecule has 0 bridgehead atoms. The lowest BCUT2D eigenvalue weighted by Gasteiger charge is -2.13. The third-order valence-corrected chi connectivity index (χ3v) is 3.78. The predicted octanol–water partition coefficient (Wildman–Crippen LogP) is 1.39. The van der Waals surface area contributed by atoms with Crippen LogP contribution < -0.4 is 5.76 Å². The molecule has 21 heavy (non-hydrogen) atoms. The fourth-order valence-electron chi connectivity index (χ4n) is 2.04. The van der Waals surface area contributed by atoms with Gasteiger partial charge in [0.05, 0.1) is 11.1 Å². The van der Waals surface area contributed by atoms with Crippen molar-refractivity contribution >= 4 is 11.3 Å². The molecule has 0 aromatic carbocycles. The van der Waals surface area contributed by atoms with Gasteiger partial charge in [-0.25, -0.2) is 4.79 Å². The van der Waals surface area contributed by atoms with Crippen LogP contribution in [0.25, 0.3) is 10.8 Å². The van der Waals surface area contributed by atoms with E-state index >= 15 is 0 Å². The van der Waals surface area contributed by atoms with Crippen molar-refractivity contribution < 1.29 is 4.42 Å². The maximum atomic E-state index is 11.8. The van der Waals surface area contributed by atoms with Gasteiger partial charge in [0.15, 0.2) is 0 Å². The van der Waals surface area contributed by atoms with E-state index in [4.69, 9.17) is 4.42 Å². The smallest absolute Gasteiger partial charge is 0.387 e. The van der Waals surface area contributed by atoms with E-state index in [1.165, 1.54) is 16.0 Å². The Kier molecular flexibility index (Phi) is 3.72. The van der Waals surface area contributed by atoms with Gasteiger partial charge in [-0.15, -0.1) is 16.4 Å². The molecule has 0 radical (unpaired) electrons. The number of aryl methyl sites for hydroxylation is 1. The highest BCUT2D eigenvalue weighted by Gasteiger charge is 2.12. The largest absolute Gasteiger partial charge is 0.438 e. The van der Waals surface area contributed by atoms with Crippen LogP contribution in [0.1, 0.15) is 5.56 Å². The maximum absolute atomic E-state index is 11.8. The third-order valence-electron chi connectivity index (χ3n) is 2.92. The van der Waals surface area contributed by atoms with Crippen molar-refractivity contribution in [2.24, 2.45) is 7.05 Å². The number of hydrogen-bond acceptors (Lipinski definition) is 6. The summed E-state index contributed by atoms with van der Waals surface area (Å²) in [6, 6.07) is 3.77. The molecule has 8 heteroatoms. The maximum Gasteiger partial charge on any atom is 0.438 e. The van der Waals surface area contributed by atoms with E-state index in [1.807, 2.05) is 42.7 Å². The number of aromatic nitrogens is 4. The van der Waals surface area contributed by atoms with E-state index in [9.17, 15) is 4.79 Å². The van der Waals surface area contributed by atoms with Crippen LogP contribution in [0, 0.1) is 0 Å². The van der Waals surface area contributed by atoms with Gasteiger partial charge in [-0.3, -0.25) is 9.58 Å². The monoisotopic (exact) mass is 305 g/mol. The van der Waals surface area contributed by atoms with Crippen LogP contribution in [-0.4, -0.2) is 31.5 Å². The zero-order chi connectivity index (χ0) is 14.8. The fraction of sp³-hybridized carbons (Fsp3) is 0.308. The number of thiophene rings is 1. The first-order valence-corrected chi connectivity index (χ1v) is 7.27. The Morgan fingerprint density at radius 3 is 3.00 bits per heavy atom. The van der Waals surface area contributed by atoms with Crippen LogP contribution in [0.3, 0.4) is 0 Å². The lowest BCUT2D eigenvalue weighted by molar-refractivity contribution is 0.237. The van der Waals surface area contributed by atoms with Gasteiger partial charge in [0.25, 0.3) is 5.89 Å². The first-order valence-electron chi connectivity index (χ1n) is 6.40. The van der Waals surface area contributed by atoms with Crippen molar-refractivity contribution in [3.63, 3.8) is 0 Å². The molecule has 0 fully saturated rings. The Bertz CT molecular complexity index is 771. The third kappa shape index (κ3) is 3.11. The van der Waals surface area contributed by atoms with Gasteiger partial charge < -0.3 is 4.42 Å². The molecule has 3 aromatic heterocycles. The van der Waals surface area contributed by atoms with Crippen molar-refractivity contribution in [2.75, 3.05) is 7.05 Å². The Hall–Kier alpha value is -2.19. The van der Waals surface area contributed by atoms with Gasteiger partial charge in [0.1, 0.15) is 6.67 Å². The van der Waals surface area contributed by atoms with Gasteiger partial charge in [0, 0.05) is 25.4 Å². The Morgan fingerprint density at radius 2 is 2.33 bits per heavy atom. The molecule has 0 aliphatic rings. The molecule has 0 amide bonds. The average molecular weight is 305 g/mol. The summed E-state index contributed by atoms with van der Waals surface area (Å²) in [5.74, 6) is -0.0822. The summed E-state index contributed by atoms with van der Waals surface area (Å²) < 4.78 is 8.25. The second-order valence-electron chi connectivity index (χ2n) is 4.83. The topological polar surface area (TPSA) is 69.1 Å². The molecule has 0 aliphatic heterocycles. The van der Waals surface area contributed by atoms with Crippen molar-refractivity contribution in [2.45, 2.75) is 13.2 Å². The number of rotatable bonds is 5. The predicted molar refractivity (Wildman–Crippen MR) is 78.8 cm³/mol. The molecular formula is C13H15N5O2S. The summed E-state index contributed by atoms with van der Waals surface area (Å²) in [6.07, 6.45) is 3.75. The standard InChI is InChI=1S/C13H15N5O2S/c1-16(7-10-6-14-17(2)8-10)9-18-13(19)20-12(15-18)11-4-3-5-21-11/h3-6,8H,7,9H2,1-2H3. The van der Waals surface area contributed by atoms with Crippen LogP contribution in [0.4, 0.5) is 0 Å². The molecule has 0 unspecified atom stereocenters. The highest BCUT2D eigenvalue weighted by Crippen LogP contribution is 2.21. The minimum atomic E-state index is -0.448. The van der Waals surface area contributed by atoms with Gasteiger partial charge in [-0.2, -0.15) is 9.78 Å². The summed E-state index contributed by atoms with van der Waals surface area (Å²) in [4.78, 5) is 14.6. The first-order chi connectivity index (χ1) is 10.1. The van der Waals surface area contributed by atoms with E-state index < -0.39 is 5.76 Å². The van der Waals surface area contributed by atoms with Crippen LogP contribution in [0.5, 0.6) is 0 Å². The van der Waals surface area contributed by atoms with Crippen molar-refractivity contribution in [3.8, 4) is 10.8 Å². The van der Waals surface area contributed by atoms with Crippen molar-refractivity contribution in [3.05, 3.63) is 46.0 Å². The Morgan fingerprint density at radius 1 is 1.48 bits per heavy atom. The number of hydrogen-bond donors (Lipinski definition) is 0. The van der Waals surface area contributed by atoms with E-state index in [-0.39, 0.29) is 0 Å². The summed E-state index contributed by atoms with van der Waals surface area (Å²) in [7, 11) is 3.79. The molecule has 0 spiro atoms. The number of nitrogens with zero attached hydrogens (tertiary/aromatic N) is 5. The lowest BCUT2D eigenvalue weighted by Crippen LogP contribution is -2.28. The van der Waals surface area contributed by atoms with Crippen LogP contribution >= 0.6 is 11.3 Å². The molecule has 3 aromatic rings. The van der Waals surface area contributed by atoms with Crippen LogP contribution in [-0.2, 0) is 20.3 Å². The quantitative estimate of drug-likeness (QED) is 0.712. The zero-order valence-electron chi connectivity index (χ0n) is 11.8. The normalized spacial score (nSPS) is 11.4. The van der Waals surface area contributed by atoms with Crippen LogP contribution in [0.2, 0.25) is 0 Å². The molecule has 0 saturated carbocycles. The first kappa shape index (κ1) is 13.8. The average Bonchev–Trinajstić information content (AvgIpc) is 3.13. The molecular weight excluding hydrogens is 290 g/mol. The van der Waals surface area contributed by atoms with E-state index in [1.54, 1.807) is 10.9 Å². The molecule has 0 saturated heterocycles. The van der Waals surface area contributed by atoms with E-state index in [0.29, 0.717) is 19.1 Å². The Balaban J connectivity index is 1.71. The minimum Gasteiger partial charge on any atom is -0.387 e. The molecule has 3 rings (SSSR count). The highest BCUT2D eigenvalue weighted by atomic mass is 32.1. The summed E-state index contributed by atoms with van der Waals surface area (Å²) in [5.41, 5.74) is 1.08. The SMILES string of the molecule is CN(Cc1cnn(C)c1)Cn1nc(-c2cccs2)oc1=O. The van der Waals surface area contributed by atoms with Crippen molar-refractivity contribution in [1.29, 1.82) is 0 Å². The Labute approximate surface area is 125 Å².